The van der Waals surface area contributed by atoms with Crippen molar-refractivity contribution >= 4 is 6.21 Å². The standard InChI is InChI=1S/C5H12N2O/c1-5(2,6)4-7-8-3/h4H,6H2,1-3H3. The molecule has 0 aromatic rings. The summed E-state index contributed by atoms with van der Waals surface area (Å²) < 4.78 is 0. The lowest BCUT2D eigenvalue weighted by Crippen LogP contribution is -2.33. The van der Waals surface area contributed by atoms with Crippen molar-refractivity contribution in [1.82, 2.24) is 0 Å². The van der Waals surface area contributed by atoms with Crippen LogP contribution in [-0.2, 0) is 4.84 Å². The van der Waals surface area contributed by atoms with Crippen molar-refractivity contribution in [2.75, 3.05) is 7.11 Å². The van der Waals surface area contributed by atoms with Gasteiger partial charge in [0.05, 0.1) is 6.21 Å². The van der Waals surface area contributed by atoms with Gasteiger partial charge in [-0.1, -0.05) is 5.16 Å². The Morgan fingerprint density at radius 1 is 1.62 bits per heavy atom. The van der Waals surface area contributed by atoms with Crippen molar-refractivity contribution in [2.24, 2.45) is 10.9 Å². The molecule has 0 aromatic heterocycles. The maximum Gasteiger partial charge on any atom is 0.106 e. The number of hydrogen-bond donors (Lipinski definition) is 1. The zero-order chi connectivity index (χ0) is 6.62. The minimum atomic E-state index is -0.365. The molecule has 0 aliphatic carbocycles. The highest BCUT2D eigenvalue weighted by molar-refractivity contribution is 5.67. The molecule has 0 aromatic carbocycles. The van der Waals surface area contributed by atoms with Crippen LogP contribution in [0.15, 0.2) is 5.16 Å². The van der Waals surface area contributed by atoms with Crippen molar-refractivity contribution in [3.63, 3.8) is 0 Å². The Hall–Kier alpha value is -0.570. The van der Waals surface area contributed by atoms with E-state index in [-0.39, 0.29) is 5.54 Å². The van der Waals surface area contributed by atoms with E-state index in [9.17, 15) is 0 Å². The van der Waals surface area contributed by atoms with Gasteiger partial charge in [-0.15, -0.1) is 0 Å². The minimum absolute atomic E-state index is 0.365. The molecular weight excluding hydrogens is 104 g/mol. The molecule has 0 amide bonds. The van der Waals surface area contributed by atoms with Crippen LogP contribution in [0.4, 0.5) is 0 Å². The summed E-state index contributed by atoms with van der Waals surface area (Å²) in [5.41, 5.74) is 5.13. The lowest BCUT2D eigenvalue weighted by atomic mass is 10.1. The van der Waals surface area contributed by atoms with Crippen molar-refractivity contribution < 1.29 is 4.84 Å². The first-order chi connectivity index (χ1) is 3.56. The molecule has 0 rings (SSSR count). The summed E-state index contributed by atoms with van der Waals surface area (Å²) in [6, 6.07) is 0. The second kappa shape index (κ2) is 2.67. The highest BCUT2D eigenvalue weighted by atomic mass is 16.6. The zero-order valence-corrected chi connectivity index (χ0v) is 5.51. The van der Waals surface area contributed by atoms with Crippen molar-refractivity contribution in [2.45, 2.75) is 19.4 Å². The van der Waals surface area contributed by atoms with E-state index in [1.807, 2.05) is 13.8 Å². The van der Waals surface area contributed by atoms with Gasteiger partial charge in [-0.2, -0.15) is 0 Å². The Bertz CT molecular complexity index is 82.9. The summed E-state index contributed by atoms with van der Waals surface area (Å²) in [4.78, 5) is 4.41. The minimum Gasteiger partial charge on any atom is -0.399 e. The Morgan fingerprint density at radius 3 is 2.25 bits per heavy atom. The molecule has 2 N–H and O–H groups in total. The molecular formula is C5H12N2O. The van der Waals surface area contributed by atoms with E-state index >= 15 is 0 Å². The Kier molecular flexibility index (Phi) is 2.48. The third-order valence-corrected chi connectivity index (χ3v) is 0.491. The van der Waals surface area contributed by atoms with Crippen LogP contribution in [0.25, 0.3) is 0 Å². The maximum atomic E-state index is 5.49. The number of oxime groups is 1. The molecule has 0 saturated heterocycles. The molecule has 0 atom stereocenters. The molecule has 0 bridgehead atoms. The highest BCUT2D eigenvalue weighted by Crippen LogP contribution is 1.89. The summed E-state index contributed by atoms with van der Waals surface area (Å²) in [7, 11) is 1.49. The van der Waals surface area contributed by atoms with Crippen molar-refractivity contribution in [3.05, 3.63) is 0 Å². The normalized spacial score (nSPS) is 12.5. The molecule has 8 heavy (non-hydrogen) atoms. The SMILES string of the molecule is CON=CC(C)(C)N. The summed E-state index contributed by atoms with van der Waals surface area (Å²) in [5, 5.41) is 3.49. The third-order valence-electron chi connectivity index (χ3n) is 0.491. The van der Waals surface area contributed by atoms with Gasteiger partial charge in [0.15, 0.2) is 0 Å². The monoisotopic (exact) mass is 116 g/mol. The first kappa shape index (κ1) is 7.43. The number of nitrogens with two attached hydrogens (primary N) is 1. The molecule has 3 nitrogen and oxygen atoms in total. The molecule has 0 aliphatic heterocycles. The van der Waals surface area contributed by atoms with Crippen LogP contribution < -0.4 is 5.73 Å². The van der Waals surface area contributed by atoms with Gasteiger partial charge in [0, 0.05) is 5.54 Å². The van der Waals surface area contributed by atoms with Crippen LogP contribution in [0.2, 0.25) is 0 Å². The van der Waals surface area contributed by atoms with Gasteiger partial charge in [-0.25, -0.2) is 0 Å². The number of rotatable bonds is 2. The molecule has 0 spiro atoms. The lowest BCUT2D eigenvalue weighted by Gasteiger charge is -2.08. The molecule has 0 saturated carbocycles. The van der Waals surface area contributed by atoms with E-state index in [2.05, 4.69) is 9.99 Å². The fourth-order valence-electron chi connectivity index (χ4n) is 0.189. The van der Waals surface area contributed by atoms with Crippen LogP contribution in [0.5, 0.6) is 0 Å². The first-order valence-corrected chi connectivity index (χ1v) is 2.43. The molecule has 48 valence electrons. The number of hydrogen-bond acceptors (Lipinski definition) is 3. The van der Waals surface area contributed by atoms with Crippen LogP contribution in [-0.4, -0.2) is 18.9 Å². The predicted molar refractivity (Wildman–Crippen MR) is 33.8 cm³/mol. The molecule has 0 heterocycles. The van der Waals surface area contributed by atoms with Crippen molar-refractivity contribution in [1.29, 1.82) is 0 Å². The van der Waals surface area contributed by atoms with E-state index in [0.29, 0.717) is 0 Å². The largest absolute Gasteiger partial charge is 0.399 e. The Balaban J connectivity index is 3.52. The van der Waals surface area contributed by atoms with E-state index in [4.69, 9.17) is 5.73 Å². The smallest absolute Gasteiger partial charge is 0.106 e. The number of nitrogens with zero attached hydrogens (tertiary/aromatic N) is 1. The lowest BCUT2D eigenvalue weighted by molar-refractivity contribution is 0.213. The summed E-state index contributed by atoms with van der Waals surface area (Å²) >= 11 is 0. The summed E-state index contributed by atoms with van der Waals surface area (Å²) in [6.07, 6.45) is 1.55. The highest BCUT2D eigenvalue weighted by Gasteiger charge is 2.04. The quantitative estimate of drug-likeness (QED) is 0.418. The molecule has 0 unspecified atom stereocenters. The molecule has 0 fully saturated rings. The molecule has 3 heteroatoms. The van der Waals surface area contributed by atoms with Gasteiger partial charge in [0.25, 0.3) is 0 Å². The van der Waals surface area contributed by atoms with Crippen LogP contribution >= 0.6 is 0 Å². The van der Waals surface area contributed by atoms with Gasteiger partial charge in [-0.3, -0.25) is 0 Å². The second-order valence-electron chi connectivity index (χ2n) is 2.24. The first-order valence-electron chi connectivity index (χ1n) is 2.43. The topological polar surface area (TPSA) is 47.6 Å². The van der Waals surface area contributed by atoms with Crippen LogP contribution in [0, 0.1) is 0 Å². The second-order valence-corrected chi connectivity index (χ2v) is 2.24. The fraction of sp³-hybridized carbons (Fsp3) is 0.800. The van der Waals surface area contributed by atoms with E-state index < -0.39 is 0 Å². The predicted octanol–water partition coefficient (Wildman–Crippen LogP) is 0.356. The van der Waals surface area contributed by atoms with Crippen LogP contribution in [0.1, 0.15) is 13.8 Å². The maximum absolute atomic E-state index is 5.49. The van der Waals surface area contributed by atoms with Crippen LogP contribution in [0.3, 0.4) is 0 Å². The van der Waals surface area contributed by atoms with E-state index in [1.54, 1.807) is 6.21 Å². The summed E-state index contributed by atoms with van der Waals surface area (Å²) in [5.74, 6) is 0. The van der Waals surface area contributed by atoms with Gasteiger partial charge < -0.3 is 10.6 Å². The average Bonchev–Trinajstić information content (AvgIpc) is 1.59. The van der Waals surface area contributed by atoms with E-state index in [0.717, 1.165) is 0 Å². The third kappa shape index (κ3) is 5.43. The molecule has 0 radical (unpaired) electrons. The Labute approximate surface area is 49.5 Å². The van der Waals surface area contributed by atoms with E-state index in [1.165, 1.54) is 7.11 Å². The fourth-order valence-corrected chi connectivity index (χ4v) is 0.189. The van der Waals surface area contributed by atoms with Gasteiger partial charge >= 0.3 is 0 Å². The zero-order valence-electron chi connectivity index (χ0n) is 5.51. The van der Waals surface area contributed by atoms with Gasteiger partial charge in [0.1, 0.15) is 7.11 Å². The average molecular weight is 116 g/mol. The van der Waals surface area contributed by atoms with Crippen molar-refractivity contribution in [3.8, 4) is 0 Å². The van der Waals surface area contributed by atoms with Gasteiger partial charge in [-0.05, 0) is 13.8 Å². The Morgan fingerprint density at radius 2 is 2.12 bits per heavy atom. The van der Waals surface area contributed by atoms with Gasteiger partial charge in [0.2, 0.25) is 0 Å². The summed E-state index contributed by atoms with van der Waals surface area (Å²) in [6.45, 7) is 3.69. The molecule has 0 aliphatic rings.